The minimum absolute atomic E-state index is 0.0101. The van der Waals surface area contributed by atoms with Crippen molar-refractivity contribution in [2.24, 2.45) is 0 Å². The van der Waals surface area contributed by atoms with Crippen LogP contribution in [0.5, 0.6) is 0 Å². The molecule has 2 aliphatic rings. The minimum Gasteiger partial charge on any atom is -0.450 e. The molecule has 42 heavy (non-hydrogen) atoms. The molecule has 9 heteroatoms. The van der Waals surface area contributed by atoms with E-state index in [-0.39, 0.29) is 28.6 Å². The van der Waals surface area contributed by atoms with Crippen molar-refractivity contribution in [1.82, 2.24) is 4.98 Å². The van der Waals surface area contributed by atoms with Gasteiger partial charge in [0.15, 0.2) is 16.1 Å². The Kier molecular flexibility index (Phi) is 5.26. The number of nitrogens with zero attached hydrogens (tertiary/aromatic N) is 3. The summed E-state index contributed by atoms with van der Waals surface area (Å²) >= 11 is 7.50. The molecule has 0 bridgehead atoms. The van der Waals surface area contributed by atoms with Crippen LogP contribution in [0, 0.1) is 6.92 Å². The molecule has 6 aromatic rings. The van der Waals surface area contributed by atoms with E-state index < -0.39 is 22.8 Å². The molecule has 0 N–H and O–H groups in total. The van der Waals surface area contributed by atoms with Gasteiger partial charge in [0.25, 0.3) is 11.8 Å². The second-order valence-electron chi connectivity index (χ2n) is 10.5. The lowest BCUT2D eigenvalue weighted by Gasteiger charge is -2.32. The first kappa shape index (κ1) is 25.0. The predicted molar refractivity (Wildman–Crippen MR) is 164 cm³/mol. The van der Waals surface area contributed by atoms with E-state index in [9.17, 15) is 9.59 Å². The molecule has 2 aliphatic heterocycles. The van der Waals surface area contributed by atoms with Crippen LogP contribution in [0.4, 0.5) is 10.8 Å². The number of anilines is 2. The molecule has 2 amide bonds. The van der Waals surface area contributed by atoms with Crippen LogP contribution in [0.2, 0.25) is 5.02 Å². The number of rotatable bonds is 3. The fraction of sp³-hybridized carbons (Fsp3) is 0.0909. The number of aromatic nitrogens is 1. The van der Waals surface area contributed by atoms with Gasteiger partial charge in [-0.1, -0.05) is 83.1 Å². The van der Waals surface area contributed by atoms with Crippen LogP contribution in [0.25, 0.3) is 21.2 Å². The zero-order valence-corrected chi connectivity index (χ0v) is 23.7. The van der Waals surface area contributed by atoms with Gasteiger partial charge in [-0.15, -0.1) is 0 Å². The Morgan fingerprint density at radius 3 is 2.55 bits per heavy atom. The normalized spacial score (nSPS) is 17.6. The van der Waals surface area contributed by atoms with Crippen LogP contribution in [0.1, 0.15) is 32.8 Å². The van der Waals surface area contributed by atoms with Crippen LogP contribution < -0.4 is 15.2 Å². The third-order valence-corrected chi connectivity index (χ3v) is 9.23. The Morgan fingerprint density at radius 2 is 1.71 bits per heavy atom. The lowest BCUT2D eigenvalue weighted by molar-refractivity contribution is -0.121. The van der Waals surface area contributed by atoms with Crippen LogP contribution in [0.15, 0.2) is 100 Å². The first-order valence-electron chi connectivity index (χ1n) is 13.3. The van der Waals surface area contributed by atoms with Gasteiger partial charge in [0, 0.05) is 10.6 Å². The third-order valence-electron chi connectivity index (χ3n) is 7.99. The fourth-order valence-electron chi connectivity index (χ4n) is 6.18. The summed E-state index contributed by atoms with van der Waals surface area (Å²) in [6.45, 7) is 2.13. The highest BCUT2D eigenvalue weighted by Gasteiger charge is 2.66. The van der Waals surface area contributed by atoms with Gasteiger partial charge in [-0.3, -0.25) is 19.3 Å². The summed E-state index contributed by atoms with van der Waals surface area (Å²) < 4.78 is 6.94. The van der Waals surface area contributed by atoms with E-state index in [1.807, 2.05) is 61.5 Å². The number of hydrogen-bond donors (Lipinski definition) is 0. The highest BCUT2D eigenvalue weighted by Crippen LogP contribution is 2.55. The van der Waals surface area contributed by atoms with E-state index in [1.54, 1.807) is 41.3 Å². The fourth-order valence-corrected chi connectivity index (χ4v) is 7.47. The van der Waals surface area contributed by atoms with E-state index in [2.05, 4.69) is 0 Å². The largest absolute Gasteiger partial charge is 0.450 e. The van der Waals surface area contributed by atoms with E-state index in [4.69, 9.17) is 21.0 Å². The Bertz CT molecular complexity index is 2190. The van der Waals surface area contributed by atoms with Crippen molar-refractivity contribution in [3.63, 3.8) is 0 Å². The van der Waals surface area contributed by atoms with Crippen LogP contribution in [0.3, 0.4) is 0 Å². The average Bonchev–Trinajstić information content (AvgIpc) is 3.60. The Labute approximate surface area is 248 Å². The van der Waals surface area contributed by atoms with Gasteiger partial charge >= 0.3 is 0 Å². The quantitative estimate of drug-likeness (QED) is 0.226. The predicted octanol–water partition coefficient (Wildman–Crippen LogP) is 6.82. The molecule has 2 aromatic heterocycles. The number of aryl methyl sites for hydroxylation is 1. The lowest BCUT2D eigenvalue weighted by atomic mass is 9.84. The molecule has 0 aliphatic carbocycles. The smallest absolute Gasteiger partial charge is 0.297 e. The number of fused-ring (bicyclic) bond motifs is 6. The molecule has 1 atom stereocenters. The van der Waals surface area contributed by atoms with E-state index in [0.717, 1.165) is 15.8 Å². The average molecular weight is 590 g/mol. The van der Waals surface area contributed by atoms with Gasteiger partial charge in [-0.05, 0) is 48.9 Å². The van der Waals surface area contributed by atoms with Crippen molar-refractivity contribution in [3.05, 3.63) is 134 Å². The molecular weight excluding hydrogens is 570 g/mol. The zero-order chi connectivity index (χ0) is 28.7. The molecule has 1 spiro atoms. The number of benzene rings is 4. The summed E-state index contributed by atoms with van der Waals surface area (Å²) in [6.07, 6.45) is 0. The molecular formula is C33H20ClN3O4S. The maximum absolute atomic E-state index is 15.0. The Hall–Kier alpha value is -4.79. The van der Waals surface area contributed by atoms with Gasteiger partial charge in [-0.2, -0.15) is 0 Å². The zero-order valence-electron chi connectivity index (χ0n) is 22.1. The topological polar surface area (TPSA) is 83.7 Å². The summed E-state index contributed by atoms with van der Waals surface area (Å²) in [4.78, 5) is 51.7. The van der Waals surface area contributed by atoms with Crippen LogP contribution in [-0.2, 0) is 16.9 Å². The monoisotopic (exact) mass is 589 g/mol. The number of carbonyl (C=O) groups is 2. The summed E-state index contributed by atoms with van der Waals surface area (Å²) in [6, 6.07) is 27.4. The molecule has 4 heterocycles. The van der Waals surface area contributed by atoms with Crippen LogP contribution in [-0.4, -0.2) is 16.8 Å². The molecule has 8 rings (SSSR count). The molecule has 204 valence electrons. The maximum Gasteiger partial charge on any atom is 0.297 e. The summed E-state index contributed by atoms with van der Waals surface area (Å²) in [5.41, 5.74) is 1.59. The highest BCUT2D eigenvalue weighted by molar-refractivity contribution is 7.22. The highest BCUT2D eigenvalue weighted by atomic mass is 35.5. The summed E-state index contributed by atoms with van der Waals surface area (Å²) in [5.74, 6) is -1.17. The molecule has 1 unspecified atom stereocenters. The second-order valence-corrected chi connectivity index (χ2v) is 11.9. The number of hydrogen-bond acceptors (Lipinski definition) is 6. The van der Waals surface area contributed by atoms with Crippen molar-refractivity contribution >= 4 is 66.8 Å². The van der Waals surface area contributed by atoms with Crippen molar-refractivity contribution in [1.29, 1.82) is 0 Å². The van der Waals surface area contributed by atoms with Gasteiger partial charge < -0.3 is 9.32 Å². The van der Waals surface area contributed by atoms with Gasteiger partial charge in [0.2, 0.25) is 5.76 Å². The van der Waals surface area contributed by atoms with Crippen molar-refractivity contribution in [2.75, 3.05) is 9.80 Å². The molecule has 0 radical (unpaired) electrons. The van der Waals surface area contributed by atoms with Gasteiger partial charge in [0.05, 0.1) is 33.4 Å². The van der Waals surface area contributed by atoms with Gasteiger partial charge in [-0.25, -0.2) is 4.98 Å². The van der Waals surface area contributed by atoms with E-state index >= 15 is 4.79 Å². The second kappa shape index (κ2) is 8.85. The van der Waals surface area contributed by atoms with Crippen molar-refractivity contribution in [3.8, 4) is 0 Å². The molecule has 0 fully saturated rings. The summed E-state index contributed by atoms with van der Waals surface area (Å²) in [5, 5.41) is 1.11. The van der Waals surface area contributed by atoms with E-state index in [0.29, 0.717) is 27.2 Å². The number of halogens is 1. The summed E-state index contributed by atoms with van der Waals surface area (Å²) in [7, 11) is 0. The Morgan fingerprint density at radius 1 is 0.929 bits per heavy atom. The van der Waals surface area contributed by atoms with Gasteiger partial charge in [0.1, 0.15) is 5.58 Å². The first-order valence-corrected chi connectivity index (χ1v) is 14.5. The first-order chi connectivity index (χ1) is 20.4. The molecule has 4 aromatic carbocycles. The van der Waals surface area contributed by atoms with E-state index in [1.165, 1.54) is 16.2 Å². The number of para-hydroxylation sites is 1. The SMILES string of the molecule is Cc1ccc2oc3c(c(=O)c2c1)C1(C(=O)N(Cc2ccccc2)c2ccccc21)N(c1nc2ccc(Cl)cc2s1)C3=O. The Balaban J connectivity index is 1.47. The molecule has 7 nitrogen and oxygen atoms in total. The third kappa shape index (κ3) is 3.27. The van der Waals surface area contributed by atoms with Crippen molar-refractivity contribution in [2.45, 2.75) is 19.0 Å². The maximum atomic E-state index is 15.0. The standard InChI is InChI=1S/C33H20ClN3O4S/c1-18-11-14-25-21(15-18)28(38)27-29(41-25)30(39)37(32-35-23-13-12-20(34)16-26(23)42-32)33(27)22-9-5-6-10-24(22)36(31(33)40)17-19-7-3-2-4-8-19/h2-16H,17H2,1H3. The van der Waals surface area contributed by atoms with Crippen molar-refractivity contribution < 1.29 is 14.0 Å². The number of thiazole rings is 1. The lowest BCUT2D eigenvalue weighted by Crippen LogP contribution is -2.53. The van der Waals surface area contributed by atoms with Crippen LogP contribution >= 0.6 is 22.9 Å². The molecule has 0 saturated heterocycles. The minimum atomic E-state index is -1.81. The number of amides is 2. The number of carbonyl (C=O) groups excluding carboxylic acids is 2. The molecule has 0 saturated carbocycles.